The van der Waals surface area contributed by atoms with Gasteiger partial charge in [0.25, 0.3) is 0 Å². The predicted octanol–water partition coefficient (Wildman–Crippen LogP) is 4.99. The monoisotopic (exact) mass is 554 g/mol. The van der Waals surface area contributed by atoms with E-state index in [9.17, 15) is 5.11 Å². The number of likely N-dealkylation sites (tertiary alicyclic amines) is 1. The minimum atomic E-state index is -0.597. The number of piperidine rings is 1. The molecule has 2 N–H and O–H groups in total. The molecule has 2 saturated carbocycles. The van der Waals surface area contributed by atoms with Crippen LogP contribution in [0.25, 0.3) is 0 Å². The van der Waals surface area contributed by atoms with Gasteiger partial charge in [0.2, 0.25) is 0 Å². The summed E-state index contributed by atoms with van der Waals surface area (Å²) in [5.41, 5.74) is -0.786. The highest BCUT2D eigenvalue weighted by Crippen LogP contribution is 2.49. The molecule has 5 rings (SSSR count). The third-order valence-corrected chi connectivity index (χ3v) is 12.0. The average Bonchev–Trinajstić information content (AvgIpc) is 3.05. The summed E-state index contributed by atoms with van der Waals surface area (Å²) < 4.78 is 18.1. The first-order valence-electron chi connectivity index (χ1n) is 15.9. The van der Waals surface area contributed by atoms with Crippen molar-refractivity contribution < 1.29 is 19.3 Å². The van der Waals surface area contributed by atoms with E-state index in [1.54, 1.807) is 7.11 Å². The van der Waals surface area contributed by atoms with E-state index >= 15 is 0 Å². The number of hydrogen-bond donors (Lipinski definition) is 2. The van der Waals surface area contributed by atoms with Gasteiger partial charge >= 0.3 is 0 Å². The Hall–Kier alpha value is 0.0500. The fraction of sp³-hybridized carbons (Fsp3) is 1.00. The van der Waals surface area contributed by atoms with Crippen LogP contribution in [0.3, 0.4) is 0 Å². The van der Waals surface area contributed by atoms with Crippen molar-refractivity contribution in [2.75, 3.05) is 46.6 Å². The molecule has 0 spiro atoms. The summed E-state index contributed by atoms with van der Waals surface area (Å²) >= 11 is 6.41. The highest BCUT2D eigenvalue weighted by atomic mass is 35.5. The van der Waals surface area contributed by atoms with Gasteiger partial charge in [-0.05, 0) is 128 Å². The summed E-state index contributed by atoms with van der Waals surface area (Å²) in [6.45, 7) is 10.0. The first-order chi connectivity index (χ1) is 18.3. The van der Waals surface area contributed by atoms with Crippen LogP contribution in [-0.2, 0) is 14.2 Å². The number of fused-ring (bicyclic) bond motifs is 2. The lowest BCUT2D eigenvalue weighted by molar-refractivity contribution is -0.0975. The van der Waals surface area contributed by atoms with Crippen LogP contribution in [0.4, 0.5) is 0 Å². The highest BCUT2D eigenvalue weighted by molar-refractivity contribution is 6.20. The minimum absolute atomic E-state index is 0.189. The molecular weight excluding hydrogens is 500 g/mol. The predicted molar refractivity (Wildman–Crippen MR) is 153 cm³/mol. The van der Waals surface area contributed by atoms with Crippen LogP contribution in [0.1, 0.15) is 90.9 Å². The molecular formula is C31H55ClN2O4. The number of halogens is 1. The number of ether oxygens (including phenoxy) is 3. The van der Waals surface area contributed by atoms with Crippen molar-refractivity contribution in [2.24, 2.45) is 23.7 Å². The van der Waals surface area contributed by atoms with E-state index < -0.39 is 5.60 Å². The van der Waals surface area contributed by atoms with Gasteiger partial charge in [-0.1, -0.05) is 0 Å². The van der Waals surface area contributed by atoms with Crippen molar-refractivity contribution in [2.45, 2.75) is 126 Å². The normalized spacial score (nSPS) is 43.8. The summed E-state index contributed by atoms with van der Waals surface area (Å²) in [5.74, 6) is 2.34. The molecule has 0 radical (unpaired) electrons. The second-order valence-electron chi connectivity index (χ2n) is 13.7. The van der Waals surface area contributed by atoms with Crippen molar-refractivity contribution in [3.05, 3.63) is 0 Å². The Kier molecular flexibility index (Phi) is 10.0. The third-order valence-electron chi connectivity index (χ3n) is 11.6. The molecule has 0 aromatic heterocycles. The smallest absolute Gasteiger partial charge is 0.0865 e. The van der Waals surface area contributed by atoms with Gasteiger partial charge in [-0.25, -0.2) is 0 Å². The number of aliphatic hydroxyl groups is 1. The second-order valence-corrected chi connectivity index (χ2v) is 14.3. The van der Waals surface area contributed by atoms with E-state index in [0.717, 1.165) is 77.6 Å². The zero-order valence-corrected chi connectivity index (χ0v) is 25.1. The molecule has 7 heteroatoms. The van der Waals surface area contributed by atoms with Crippen molar-refractivity contribution in [1.29, 1.82) is 0 Å². The minimum Gasteiger partial charge on any atom is -0.388 e. The molecule has 0 aromatic rings. The van der Waals surface area contributed by atoms with Gasteiger partial charge < -0.3 is 24.6 Å². The van der Waals surface area contributed by atoms with Crippen molar-refractivity contribution >= 4 is 11.6 Å². The quantitative estimate of drug-likeness (QED) is 0.309. The Morgan fingerprint density at radius 3 is 2.66 bits per heavy atom. The fourth-order valence-electron chi connectivity index (χ4n) is 9.20. The maximum absolute atomic E-state index is 12.0. The summed E-state index contributed by atoms with van der Waals surface area (Å²) in [4.78, 5) is 2.61. The standard InChI is InChI=1S/C31H55ClN2O4/c1-30(2)31(35,22-8-10-23(32)11-9-22)14-17-34(30)16-5-7-25-26-6-4-15-33-28(26)21-38-29-13-12-24(20-27(25)29)37-19-18-36-3/h22-29,33,35H,4-21H2,1-3H3. The zero-order valence-electron chi connectivity index (χ0n) is 24.3. The summed E-state index contributed by atoms with van der Waals surface area (Å²) in [6.07, 6.45) is 14.2. The Morgan fingerprint density at radius 1 is 1.05 bits per heavy atom. The van der Waals surface area contributed by atoms with E-state index in [-0.39, 0.29) is 5.54 Å². The maximum Gasteiger partial charge on any atom is 0.0865 e. The van der Waals surface area contributed by atoms with Crippen LogP contribution in [0.15, 0.2) is 0 Å². The average molecular weight is 555 g/mol. The van der Waals surface area contributed by atoms with Crippen LogP contribution in [0.5, 0.6) is 0 Å². The Morgan fingerprint density at radius 2 is 1.87 bits per heavy atom. The van der Waals surface area contributed by atoms with Gasteiger partial charge in [-0.2, -0.15) is 0 Å². The molecule has 38 heavy (non-hydrogen) atoms. The number of methoxy groups -OCH3 is 1. The van der Waals surface area contributed by atoms with Crippen LogP contribution in [0.2, 0.25) is 0 Å². The Balaban J connectivity index is 1.23. The van der Waals surface area contributed by atoms with E-state index in [1.807, 2.05) is 0 Å². The summed E-state index contributed by atoms with van der Waals surface area (Å²) in [6, 6.07) is 0.498. The fourth-order valence-corrected chi connectivity index (χ4v) is 9.45. The van der Waals surface area contributed by atoms with Gasteiger partial charge in [0, 0.05) is 30.6 Å². The molecule has 3 aliphatic heterocycles. The maximum atomic E-state index is 12.0. The number of nitrogens with zero attached hydrogens (tertiary/aromatic N) is 1. The largest absolute Gasteiger partial charge is 0.388 e. The molecule has 0 bridgehead atoms. The van der Waals surface area contributed by atoms with Gasteiger partial charge in [-0.15, -0.1) is 11.6 Å². The number of alkyl halides is 1. The summed E-state index contributed by atoms with van der Waals surface area (Å²) in [5, 5.41) is 16.1. The molecule has 7 atom stereocenters. The molecule has 220 valence electrons. The molecule has 3 heterocycles. The number of nitrogens with one attached hydrogen (secondary N) is 1. The van der Waals surface area contributed by atoms with Crippen LogP contribution in [0, 0.1) is 23.7 Å². The van der Waals surface area contributed by atoms with Gasteiger partial charge in [0.05, 0.1) is 37.6 Å². The molecule has 5 fully saturated rings. The lowest BCUT2D eigenvalue weighted by Gasteiger charge is -2.48. The van der Waals surface area contributed by atoms with Gasteiger partial charge in [-0.3, -0.25) is 4.90 Å². The Labute approximate surface area is 236 Å². The van der Waals surface area contributed by atoms with Crippen LogP contribution >= 0.6 is 11.6 Å². The summed E-state index contributed by atoms with van der Waals surface area (Å²) in [7, 11) is 1.75. The lowest BCUT2D eigenvalue weighted by Crippen LogP contribution is -2.58. The zero-order chi connectivity index (χ0) is 26.8. The first kappa shape index (κ1) is 29.5. The van der Waals surface area contributed by atoms with Crippen molar-refractivity contribution in [1.82, 2.24) is 10.2 Å². The van der Waals surface area contributed by atoms with Crippen LogP contribution < -0.4 is 5.32 Å². The van der Waals surface area contributed by atoms with Crippen molar-refractivity contribution in [3.8, 4) is 0 Å². The topological polar surface area (TPSA) is 63.2 Å². The lowest BCUT2D eigenvalue weighted by atomic mass is 9.67. The van der Waals surface area contributed by atoms with Gasteiger partial charge in [0.15, 0.2) is 0 Å². The second kappa shape index (κ2) is 12.9. The molecule has 6 nitrogen and oxygen atoms in total. The molecule has 3 saturated heterocycles. The van der Waals surface area contributed by atoms with E-state index in [4.69, 9.17) is 25.8 Å². The molecule has 0 aromatic carbocycles. The first-order valence-corrected chi connectivity index (χ1v) is 16.3. The van der Waals surface area contributed by atoms with E-state index in [2.05, 4.69) is 24.1 Å². The Bertz CT molecular complexity index is 747. The van der Waals surface area contributed by atoms with E-state index in [0.29, 0.717) is 60.5 Å². The SMILES string of the molecule is COCCOC1CCC2OCC3NCCCC3C(CCCN3CCC(O)(C4CCC(Cl)CC4)C3(C)C)C2C1. The molecule has 5 aliphatic rings. The molecule has 2 aliphatic carbocycles. The molecule has 7 unspecified atom stereocenters. The van der Waals surface area contributed by atoms with E-state index in [1.165, 1.54) is 25.7 Å². The number of rotatable bonds is 9. The third kappa shape index (κ3) is 6.12. The number of hydrogen-bond acceptors (Lipinski definition) is 6. The molecule has 0 amide bonds. The highest BCUT2D eigenvalue weighted by Gasteiger charge is 2.56. The van der Waals surface area contributed by atoms with Crippen LogP contribution in [-0.4, -0.2) is 91.3 Å². The van der Waals surface area contributed by atoms with Gasteiger partial charge in [0.1, 0.15) is 0 Å². The van der Waals surface area contributed by atoms with Crippen molar-refractivity contribution in [3.63, 3.8) is 0 Å².